The van der Waals surface area contributed by atoms with Crippen LogP contribution in [0.3, 0.4) is 0 Å². The summed E-state index contributed by atoms with van der Waals surface area (Å²) >= 11 is 5.22. The summed E-state index contributed by atoms with van der Waals surface area (Å²) in [5.41, 5.74) is 3.50. The van der Waals surface area contributed by atoms with Gasteiger partial charge in [0, 0.05) is 34.5 Å². The third kappa shape index (κ3) is 2.93. The van der Waals surface area contributed by atoms with E-state index in [2.05, 4.69) is 15.2 Å². The number of fused-ring (bicyclic) bond motifs is 1. The molecule has 3 heterocycles. The molecule has 0 atom stereocenters. The van der Waals surface area contributed by atoms with Crippen LogP contribution in [0, 0.1) is 21.7 Å². The first-order valence-corrected chi connectivity index (χ1v) is 8.31. The molecule has 0 saturated carbocycles. The Morgan fingerprint density at radius 3 is 2.93 bits per heavy atom. The van der Waals surface area contributed by atoms with Crippen molar-refractivity contribution in [2.45, 2.75) is 6.92 Å². The van der Waals surface area contributed by atoms with Gasteiger partial charge in [0.2, 0.25) is 0 Å². The summed E-state index contributed by atoms with van der Waals surface area (Å²) in [5, 5.41) is 17.9. The van der Waals surface area contributed by atoms with E-state index in [4.69, 9.17) is 17.0 Å². The van der Waals surface area contributed by atoms with Gasteiger partial charge in [0.25, 0.3) is 5.69 Å². The van der Waals surface area contributed by atoms with Crippen molar-refractivity contribution in [2.75, 3.05) is 0 Å². The van der Waals surface area contributed by atoms with Gasteiger partial charge in [-0.2, -0.15) is 5.10 Å². The third-order valence-corrected chi connectivity index (χ3v) is 4.45. The second-order valence-corrected chi connectivity index (χ2v) is 6.38. The number of nitro groups is 1. The molecule has 2 aromatic heterocycles. The van der Waals surface area contributed by atoms with Crippen LogP contribution in [0.5, 0.6) is 0 Å². The van der Waals surface area contributed by atoms with Crippen molar-refractivity contribution in [3.63, 3.8) is 0 Å². The number of H-pyrrole nitrogens is 2. The molecule has 4 rings (SSSR count). The number of esters is 1. The number of aromatic amines is 2. The summed E-state index contributed by atoms with van der Waals surface area (Å²) in [6.07, 6.45) is 3.22. The first kappa shape index (κ1) is 16.9. The van der Waals surface area contributed by atoms with E-state index < -0.39 is 10.9 Å². The van der Waals surface area contributed by atoms with Crippen LogP contribution in [-0.2, 0) is 4.74 Å². The number of hydrogen-bond acceptors (Lipinski definition) is 6. The van der Waals surface area contributed by atoms with Gasteiger partial charge in [-0.1, -0.05) is 24.4 Å². The molecular weight excluding hydrogens is 368 g/mol. The first-order chi connectivity index (χ1) is 12.9. The van der Waals surface area contributed by atoms with Gasteiger partial charge in [-0.15, -0.1) is 0 Å². The maximum absolute atomic E-state index is 12.2. The molecule has 1 aliphatic heterocycles. The number of pyridine rings is 1. The van der Waals surface area contributed by atoms with Crippen molar-refractivity contribution < 1.29 is 14.5 Å². The van der Waals surface area contributed by atoms with Gasteiger partial charge < -0.3 is 9.72 Å². The van der Waals surface area contributed by atoms with Crippen LogP contribution in [0.1, 0.15) is 27.2 Å². The van der Waals surface area contributed by atoms with Gasteiger partial charge in [0.1, 0.15) is 16.0 Å². The standard InChI is InChI=1S/C18H12N4O4S/c1-9-5-13-14(26-18(23)15(13)17(27)20-9)7-11-8-19-21-16(11)10-3-2-4-12(6-10)22(24)25/h2-8H,1H3,(H,19,21)(H,20,27)/b14-7-. The number of nitrogens with one attached hydrogen (secondary N) is 2. The molecule has 3 aromatic rings. The second kappa shape index (κ2) is 6.29. The van der Waals surface area contributed by atoms with E-state index in [9.17, 15) is 14.9 Å². The molecule has 9 heteroatoms. The SMILES string of the molecule is Cc1cc2c(c(=S)[nH]1)C(=O)O/C2=C\c1cn[nH]c1-c1cccc([N+](=O)[O-])c1. The highest BCUT2D eigenvalue weighted by molar-refractivity contribution is 7.71. The van der Waals surface area contributed by atoms with E-state index >= 15 is 0 Å². The van der Waals surface area contributed by atoms with E-state index in [-0.39, 0.29) is 5.69 Å². The normalized spacial score (nSPS) is 14.3. The lowest BCUT2D eigenvalue weighted by Crippen LogP contribution is -1.97. The van der Waals surface area contributed by atoms with Crippen molar-refractivity contribution >= 4 is 35.7 Å². The number of rotatable bonds is 3. The maximum atomic E-state index is 12.2. The minimum atomic E-state index is -0.516. The van der Waals surface area contributed by atoms with E-state index in [1.54, 1.807) is 30.5 Å². The van der Waals surface area contributed by atoms with Crippen LogP contribution in [0.4, 0.5) is 5.69 Å². The molecule has 1 aliphatic rings. The van der Waals surface area contributed by atoms with Gasteiger partial charge in [-0.25, -0.2) is 4.79 Å². The largest absolute Gasteiger partial charge is 0.422 e. The van der Waals surface area contributed by atoms with Gasteiger partial charge in [-0.05, 0) is 19.1 Å². The number of nitrogens with zero attached hydrogens (tertiary/aromatic N) is 2. The summed E-state index contributed by atoms with van der Waals surface area (Å²) in [4.78, 5) is 25.7. The van der Waals surface area contributed by atoms with Gasteiger partial charge >= 0.3 is 5.97 Å². The Morgan fingerprint density at radius 2 is 2.15 bits per heavy atom. The lowest BCUT2D eigenvalue weighted by Gasteiger charge is -2.03. The Kier molecular flexibility index (Phi) is 3.93. The molecule has 0 saturated heterocycles. The fraction of sp³-hybridized carbons (Fsp3) is 0.0556. The van der Waals surface area contributed by atoms with Crippen LogP contribution in [0.25, 0.3) is 23.1 Å². The summed E-state index contributed by atoms with van der Waals surface area (Å²) in [5.74, 6) is -0.163. The average Bonchev–Trinajstić information content (AvgIpc) is 3.20. The molecule has 134 valence electrons. The van der Waals surface area contributed by atoms with Crippen LogP contribution in [0.2, 0.25) is 0 Å². The summed E-state index contributed by atoms with van der Waals surface area (Å²) in [6, 6.07) is 7.98. The minimum Gasteiger partial charge on any atom is -0.422 e. The van der Waals surface area contributed by atoms with Crippen LogP contribution < -0.4 is 0 Å². The molecular formula is C18H12N4O4S. The quantitative estimate of drug-likeness (QED) is 0.307. The highest BCUT2D eigenvalue weighted by Gasteiger charge is 2.29. The zero-order valence-corrected chi connectivity index (χ0v) is 14.8. The number of ether oxygens (including phenoxy) is 1. The number of carbonyl (C=O) groups is 1. The molecule has 0 radical (unpaired) electrons. The Morgan fingerprint density at radius 1 is 1.33 bits per heavy atom. The van der Waals surface area contributed by atoms with Crippen LogP contribution in [0.15, 0.2) is 36.5 Å². The molecule has 0 unspecified atom stereocenters. The number of carbonyl (C=O) groups excluding carboxylic acids is 1. The fourth-order valence-corrected chi connectivity index (χ4v) is 3.31. The predicted molar refractivity (Wildman–Crippen MR) is 100 cm³/mol. The Labute approximate surface area is 157 Å². The summed E-state index contributed by atoms with van der Waals surface area (Å²) in [7, 11) is 0. The van der Waals surface area contributed by atoms with Crippen molar-refractivity contribution in [2.24, 2.45) is 0 Å². The molecule has 0 amide bonds. The van der Waals surface area contributed by atoms with E-state index in [0.29, 0.717) is 38.3 Å². The minimum absolute atomic E-state index is 0.0275. The molecule has 0 spiro atoms. The monoisotopic (exact) mass is 380 g/mol. The van der Waals surface area contributed by atoms with Gasteiger partial charge in [0.05, 0.1) is 16.8 Å². The third-order valence-electron chi connectivity index (χ3n) is 4.14. The van der Waals surface area contributed by atoms with Crippen molar-refractivity contribution in [1.29, 1.82) is 0 Å². The number of nitro benzene ring substituents is 1. The molecule has 2 N–H and O–H groups in total. The number of non-ortho nitro benzene ring substituents is 1. The van der Waals surface area contributed by atoms with E-state index in [0.717, 1.165) is 5.69 Å². The van der Waals surface area contributed by atoms with Gasteiger partial charge in [0.15, 0.2) is 0 Å². The fourth-order valence-electron chi connectivity index (χ4n) is 2.95. The molecule has 27 heavy (non-hydrogen) atoms. The number of benzene rings is 1. The lowest BCUT2D eigenvalue weighted by molar-refractivity contribution is -0.384. The van der Waals surface area contributed by atoms with E-state index in [1.807, 2.05) is 6.92 Å². The molecule has 0 bridgehead atoms. The number of aromatic nitrogens is 3. The smallest absolute Gasteiger partial charge is 0.347 e. The van der Waals surface area contributed by atoms with Crippen LogP contribution >= 0.6 is 12.2 Å². The topological polar surface area (TPSA) is 114 Å². The van der Waals surface area contributed by atoms with E-state index in [1.165, 1.54) is 12.1 Å². The zero-order chi connectivity index (χ0) is 19.1. The van der Waals surface area contributed by atoms with Crippen molar-refractivity contribution in [3.05, 3.63) is 73.7 Å². The average molecular weight is 380 g/mol. The Bertz CT molecular complexity index is 1190. The zero-order valence-electron chi connectivity index (χ0n) is 14.0. The Hall–Kier alpha value is -3.59. The number of aryl methyl sites for hydroxylation is 1. The lowest BCUT2D eigenvalue weighted by atomic mass is 10.0. The molecule has 0 fully saturated rings. The number of hydrogen-bond donors (Lipinski definition) is 2. The highest BCUT2D eigenvalue weighted by atomic mass is 32.1. The molecule has 1 aromatic carbocycles. The second-order valence-electron chi connectivity index (χ2n) is 5.98. The molecule has 8 nitrogen and oxygen atoms in total. The van der Waals surface area contributed by atoms with Crippen molar-refractivity contribution in [3.8, 4) is 11.3 Å². The first-order valence-electron chi connectivity index (χ1n) is 7.90. The maximum Gasteiger partial charge on any atom is 0.347 e. The number of cyclic esters (lactones) is 1. The predicted octanol–water partition coefficient (Wildman–Crippen LogP) is 4.02. The highest BCUT2D eigenvalue weighted by Crippen LogP contribution is 2.34. The summed E-state index contributed by atoms with van der Waals surface area (Å²) < 4.78 is 5.70. The summed E-state index contributed by atoms with van der Waals surface area (Å²) in [6.45, 7) is 1.84. The van der Waals surface area contributed by atoms with Crippen molar-refractivity contribution in [1.82, 2.24) is 15.2 Å². The van der Waals surface area contributed by atoms with Crippen LogP contribution in [-0.4, -0.2) is 26.1 Å². The Balaban J connectivity index is 1.82. The molecule has 0 aliphatic carbocycles. The van der Waals surface area contributed by atoms with Gasteiger partial charge in [-0.3, -0.25) is 15.2 Å².